The van der Waals surface area contributed by atoms with Gasteiger partial charge in [0.2, 0.25) is 0 Å². The molecule has 0 amide bonds. The minimum atomic E-state index is -0.325. The van der Waals surface area contributed by atoms with Gasteiger partial charge in [-0.05, 0) is 89.9 Å². The van der Waals surface area contributed by atoms with E-state index in [-0.39, 0.29) is 6.04 Å². The van der Waals surface area contributed by atoms with Gasteiger partial charge in [-0.1, -0.05) is 55.1 Å². The summed E-state index contributed by atoms with van der Waals surface area (Å²) in [5, 5.41) is 0. The third-order valence-electron chi connectivity index (χ3n) is 5.96. The van der Waals surface area contributed by atoms with Crippen LogP contribution in [0.5, 0.6) is 5.75 Å². The van der Waals surface area contributed by atoms with E-state index < -0.39 is 0 Å². The van der Waals surface area contributed by atoms with Crippen molar-refractivity contribution >= 4 is 5.69 Å². The first kappa shape index (κ1) is 23.3. The number of nitrogen functional groups attached to an aromatic ring is 1. The summed E-state index contributed by atoms with van der Waals surface area (Å²) >= 11 is 0. The van der Waals surface area contributed by atoms with Crippen LogP contribution in [0.25, 0.3) is 11.1 Å². The fourth-order valence-electron chi connectivity index (χ4n) is 4.06. The topological polar surface area (TPSA) is 74.2 Å². The number of hydrogen-bond donors (Lipinski definition) is 2. The third kappa shape index (κ3) is 5.53. The smallest absolute Gasteiger partial charge is 0.130 e. The molecule has 1 unspecified atom stereocenters. The van der Waals surface area contributed by atoms with Crippen LogP contribution in [0.1, 0.15) is 40.8 Å². The van der Waals surface area contributed by atoms with Crippen molar-refractivity contribution in [3.05, 3.63) is 125 Å². The number of ether oxygens (including phenoxy) is 1. The number of anilines is 1. The highest BCUT2D eigenvalue weighted by molar-refractivity contribution is 5.69. The van der Waals surface area contributed by atoms with E-state index in [4.69, 9.17) is 16.2 Å². The highest BCUT2D eigenvalue weighted by atomic mass is 16.5. The van der Waals surface area contributed by atoms with Crippen molar-refractivity contribution in [2.24, 2.45) is 5.73 Å². The number of nitrogens with zero attached hydrogens (tertiary/aromatic N) is 1. The van der Waals surface area contributed by atoms with Gasteiger partial charge < -0.3 is 16.2 Å². The van der Waals surface area contributed by atoms with Crippen LogP contribution in [-0.2, 0) is 12.8 Å². The van der Waals surface area contributed by atoms with Gasteiger partial charge >= 0.3 is 0 Å². The Hall–Kier alpha value is -3.89. The van der Waals surface area contributed by atoms with E-state index in [1.165, 1.54) is 11.1 Å². The number of rotatable bonds is 8. The lowest BCUT2D eigenvalue weighted by atomic mass is 9.94. The van der Waals surface area contributed by atoms with Crippen LogP contribution in [0, 0.1) is 6.92 Å². The average Bonchev–Trinajstić information content (AvgIpc) is 2.85. The predicted octanol–water partition coefficient (Wildman–Crippen LogP) is 6.38. The molecule has 1 atom stereocenters. The van der Waals surface area contributed by atoms with Crippen molar-refractivity contribution in [1.82, 2.24) is 4.98 Å². The molecular weight excluding hydrogens is 418 g/mol. The third-order valence-corrected chi connectivity index (χ3v) is 5.96. The van der Waals surface area contributed by atoms with Gasteiger partial charge in [-0.15, -0.1) is 0 Å². The highest BCUT2D eigenvalue weighted by Crippen LogP contribution is 2.30. The first-order chi connectivity index (χ1) is 16.4. The quantitative estimate of drug-likeness (QED) is 0.242. The number of benzene rings is 3. The molecule has 0 spiro atoms. The molecule has 4 rings (SSSR count). The zero-order valence-corrected chi connectivity index (χ0v) is 19.8. The van der Waals surface area contributed by atoms with E-state index in [0.717, 1.165) is 46.4 Å². The van der Waals surface area contributed by atoms with E-state index in [1.807, 2.05) is 32.0 Å². The lowest BCUT2D eigenvalue weighted by Crippen LogP contribution is -2.14. The molecule has 0 saturated carbocycles. The first-order valence-corrected chi connectivity index (χ1v) is 11.5. The van der Waals surface area contributed by atoms with E-state index in [2.05, 4.69) is 66.2 Å². The summed E-state index contributed by atoms with van der Waals surface area (Å²) in [6, 6.07) is 24.6. The van der Waals surface area contributed by atoms with Gasteiger partial charge in [0.1, 0.15) is 5.75 Å². The van der Waals surface area contributed by atoms with Crippen LogP contribution >= 0.6 is 0 Å². The second kappa shape index (κ2) is 10.4. The van der Waals surface area contributed by atoms with Crippen LogP contribution in [0.15, 0.2) is 97.5 Å². The molecule has 0 aliphatic heterocycles. The van der Waals surface area contributed by atoms with Crippen molar-refractivity contribution in [1.29, 1.82) is 0 Å². The Morgan fingerprint density at radius 3 is 2.44 bits per heavy atom. The number of aryl methyl sites for hydroxylation is 3. The van der Waals surface area contributed by atoms with Crippen LogP contribution in [-0.4, -0.2) is 4.98 Å². The Morgan fingerprint density at radius 1 is 0.941 bits per heavy atom. The predicted molar refractivity (Wildman–Crippen MR) is 141 cm³/mol. The molecule has 0 fully saturated rings. The Kier molecular flexibility index (Phi) is 7.09. The Bertz CT molecular complexity index is 1300. The van der Waals surface area contributed by atoms with Crippen molar-refractivity contribution in [2.45, 2.75) is 32.7 Å². The summed E-state index contributed by atoms with van der Waals surface area (Å²) in [4.78, 5) is 4.19. The molecule has 1 aromatic heterocycles. The number of allylic oxidation sites excluding steroid dienone is 1. The lowest BCUT2D eigenvalue weighted by molar-refractivity contribution is 0.427. The van der Waals surface area contributed by atoms with E-state index >= 15 is 0 Å². The molecule has 3 aromatic carbocycles. The molecule has 4 heteroatoms. The minimum absolute atomic E-state index is 0.325. The molecule has 4 N–H and O–H groups in total. The fourth-order valence-corrected chi connectivity index (χ4v) is 4.06. The van der Waals surface area contributed by atoms with Crippen LogP contribution in [0.3, 0.4) is 0 Å². The number of hydrogen-bond acceptors (Lipinski definition) is 4. The zero-order valence-electron chi connectivity index (χ0n) is 19.8. The molecule has 4 aromatic rings. The van der Waals surface area contributed by atoms with Gasteiger partial charge in [0, 0.05) is 18.1 Å². The standard InChI is InChI=1S/C30H31N3O/c1-20(2)34-29-17-23(10-9-21(29)3)12-11-22-6-4-7-24(16-22)25-13-14-28(31)27(18-25)30(32)26-8-5-15-33-19-26/h4-10,13-19,30H,1,11-12,31-32H2,2-3H3. The summed E-state index contributed by atoms with van der Waals surface area (Å²) in [5.41, 5.74) is 21.2. The van der Waals surface area contributed by atoms with Crippen LogP contribution in [0.4, 0.5) is 5.69 Å². The van der Waals surface area contributed by atoms with Gasteiger partial charge in [-0.2, -0.15) is 0 Å². The van der Waals surface area contributed by atoms with Crippen molar-refractivity contribution in [2.75, 3.05) is 5.73 Å². The Morgan fingerprint density at radius 2 is 1.71 bits per heavy atom. The molecule has 0 aliphatic rings. The highest BCUT2D eigenvalue weighted by Gasteiger charge is 2.14. The zero-order chi connectivity index (χ0) is 24.1. The van der Waals surface area contributed by atoms with Gasteiger partial charge in [-0.3, -0.25) is 4.98 Å². The van der Waals surface area contributed by atoms with Gasteiger partial charge in [0.05, 0.1) is 11.8 Å². The van der Waals surface area contributed by atoms with E-state index in [1.54, 1.807) is 12.4 Å². The Labute approximate surface area is 201 Å². The number of pyridine rings is 1. The molecule has 0 saturated heterocycles. The summed E-state index contributed by atoms with van der Waals surface area (Å²) in [6.45, 7) is 7.76. The maximum atomic E-state index is 6.52. The first-order valence-electron chi connectivity index (χ1n) is 11.5. The number of aromatic nitrogens is 1. The van der Waals surface area contributed by atoms with Gasteiger partial charge in [0.25, 0.3) is 0 Å². The monoisotopic (exact) mass is 449 g/mol. The Balaban J connectivity index is 1.54. The summed E-state index contributed by atoms with van der Waals surface area (Å²) < 4.78 is 5.77. The maximum absolute atomic E-state index is 6.52. The largest absolute Gasteiger partial charge is 0.462 e. The van der Waals surface area contributed by atoms with Crippen LogP contribution < -0.4 is 16.2 Å². The van der Waals surface area contributed by atoms with Crippen molar-refractivity contribution in [3.8, 4) is 16.9 Å². The number of nitrogens with two attached hydrogens (primary N) is 2. The normalized spacial score (nSPS) is 11.7. The minimum Gasteiger partial charge on any atom is -0.462 e. The molecule has 34 heavy (non-hydrogen) atoms. The molecule has 172 valence electrons. The fraction of sp³-hybridized carbons (Fsp3) is 0.167. The molecular formula is C30H31N3O. The van der Waals surface area contributed by atoms with E-state index in [9.17, 15) is 0 Å². The van der Waals surface area contributed by atoms with Crippen molar-refractivity contribution in [3.63, 3.8) is 0 Å². The van der Waals surface area contributed by atoms with Crippen molar-refractivity contribution < 1.29 is 4.74 Å². The van der Waals surface area contributed by atoms with Crippen LogP contribution in [0.2, 0.25) is 0 Å². The molecule has 4 nitrogen and oxygen atoms in total. The maximum Gasteiger partial charge on any atom is 0.130 e. The second-order valence-electron chi connectivity index (χ2n) is 8.71. The summed E-state index contributed by atoms with van der Waals surface area (Å²) in [7, 11) is 0. The summed E-state index contributed by atoms with van der Waals surface area (Å²) in [5.74, 6) is 1.57. The van der Waals surface area contributed by atoms with E-state index in [0.29, 0.717) is 11.4 Å². The lowest BCUT2D eigenvalue weighted by Gasteiger charge is -2.16. The van der Waals surface area contributed by atoms with Gasteiger partial charge in [-0.25, -0.2) is 0 Å². The molecule has 0 aliphatic carbocycles. The molecule has 0 bridgehead atoms. The average molecular weight is 450 g/mol. The SMILES string of the molecule is C=C(C)Oc1cc(CCc2cccc(-c3ccc(N)c(C(N)c4cccnc4)c3)c2)ccc1C. The molecule has 1 heterocycles. The molecule has 0 radical (unpaired) electrons. The van der Waals surface area contributed by atoms with Gasteiger partial charge in [0.15, 0.2) is 0 Å². The second-order valence-corrected chi connectivity index (χ2v) is 8.71. The summed E-state index contributed by atoms with van der Waals surface area (Å²) in [6.07, 6.45) is 5.39.